The van der Waals surface area contributed by atoms with Crippen molar-refractivity contribution in [2.24, 2.45) is 0 Å². The van der Waals surface area contributed by atoms with Crippen molar-refractivity contribution in [1.82, 2.24) is 0 Å². The average molecular weight is 162 g/mol. The molecule has 2 atom stereocenters. The summed E-state index contributed by atoms with van der Waals surface area (Å²) in [6.45, 7) is 1.96. The first-order valence-corrected chi connectivity index (χ1v) is 4.02. The summed E-state index contributed by atoms with van der Waals surface area (Å²) in [5.41, 5.74) is 2.15. The summed E-state index contributed by atoms with van der Waals surface area (Å²) in [5.74, 6) is 0. The molecule has 2 nitrogen and oxygen atoms in total. The minimum Gasteiger partial charge on any atom is -0.358 e. The van der Waals surface area contributed by atoms with Gasteiger partial charge in [-0.1, -0.05) is 24.3 Å². The minimum absolute atomic E-state index is 0.0522. The van der Waals surface area contributed by atoms with E-state index in [0.29, 0.717) is 0 Å². The van der Waals surface area contributed by atoms with Gasteiger partial charge >= 0.3 is 0 Å². The number of benzene rings is 1. The molecule has 1 aromatic rings. The normalized spacial score (nSPS) is 26.8. The molecule has 0 aliphatic carbocycles. The summed E-state index contributed by atoms with van der Waals surface area (Å²) >= 11 is 0. The molecular formula is C10H10O2. The van der Waals surface area contributed by atoms with Gasteiger partial charge in [0.15, 0.2) is 6.29 Å². The monoisotopic (exact) mass is 162 g/mol. The van der Waals surface area contributed by atoms with E-state index in [4.69, 9.17) is 4.74 Å². The Balaban J connectivity index is 2.49. The van der Waals surface area contributed by atoms with Crippen LogP contribution in [0.4, 0.5) is 0 Å². The number of fused-ring (bicyclic) bond motifs is 1. The summed E-state index contributed by atoms with van der Waals surface area (Å²) in [4.78, 5) is 10.6. The van der Waals surface area contributed by atoms with Gasteiger partial charge in [-0.15, -0.1) is 0 Å². The Bertz CT molecular complexity index is 306. The molecule has 0 saturated carbocycles. The number of rotatable bonds is 1. The van der Waals surface area contributed by atoms with Crippen molar-refractivity contribution in [3.8, 4) is 0 Å². The predicted octanol–water partition coefficient (Wildman–Crippen LogP) is 2.02. The first kappa shape index (κ1) is 7.50. The fraction of sp³-hybridized carbons (Fsp3) is 0.300. The Morgan fingerprint density at radius 3 is 2.67 bits per heavy atom. The van der Waals surface area contributed by atoms with Gasteiger partial charge in [0.1, 0.15) is 6.10 Å². The quantitative estimate of drug-likeness (QED) is 0.590. The van der Waals surface area contributed by atoms with E-state index in [0.717, 1.165) is 17.4 Å². The Morgan fingerprint density at radius 2 is 2.00 bits per heavy atom. The van der Waals surface area contributed by atoms with E-state index < -0.39 is 0 Å². The van der Waals surface area contributed by atoms with Crippen molar-refractivity contribution in [2.75, 3.05) is 0 Å². The molecule has 2 heteroatoms. The van der Waals surface area contributed by atoms with E-state index in [9.17, 15) is 4.79 Å². The first-order chi connectivity index (χ1) is 5.83. The fourth-order valence-electron chi connectivity index (χ4n) is 1.61. The Labute approximate surface area is 71.2 Å². The zero-order valence-electron chi connectivity index (χ0n) is 6.86. The lowest BCUT2D eigenvalue weighted by Gasteiger charge is -2.02. The van der Waals surface area contributed by atoms with Crippen LogP contribution in [0.3, 0.4) is 0 Å². The highest BCUT2D eigenvalue weighted by Gasteiger charge is 2.27. The number of hydrogen-bond donors (Lipinski definition) is 0. The molecule has 0 spiro atoms. The molecule has 1 aliphatic heterocycles. The SMILES string of the molecule is CC1OC(C=O)c2ccccc21. The maximum atomic E-state index is 10.6. The number of hydrogen-bond acceptors (Lipinski definition) is 2. The van der Waals surface area contributed by atoms with Crippen LogP contribution in [-0.4, -0.2) is 6.29 Å². The topological polar surface area (TPSA) is 26.3 Å². The van der Waals surface area contributed by atoms with E-state index in [2.05, 4.69) is 0 Å². The molecule has 62 valence electrons. The molecule has 2 unspecified atom stereocenters. The highest BCUT2D eigenvalue weighted by Crippen LogP contribution is 2.36. The molecule has 0 N–H and O–H groups in total. The molecule has 0 aromatic heterocycles. The van der Waals surface area contributed by atoms with Gasteiger partial charge in [0, 0.05) is 0 Å². The third kappa shape index (κ3) is 0.959. The molecule has 0 saturated heterocycles. The second-order valence-electron chi connectivity index (χ2n) is 2.96. The molecule has 0 amide bonds. The van der Waals surface area contributed by atoms with E-state index >= 15 is 0 Å². The van der Waals surface area contributed by atoms with Crippen LogP contribution in [0.15, 0.2) is 24.3 Å². The van der Waals surface area contributed by atoms with Crippen molar-refractivity contribution < 1.29 is 9.53 Å². The maximum absolute atomic E-state index is 10.6. The molecule has 1 aliphatic rings. The van der Waals surface area contributed by atoms with Crippen molar-refractivity contribution in [1.29, 1.82) is 0 Å². The molecule has 12 heavy (non-hydrogen) atoms. The van der Waals surface area contributed by atoms with Crippen molar-refractivity contribution >= 4 is 6.29 Å². The van der Waals surface area contributed by atoms with Crippen LogP contribution in [0, 0.1) is 0 Å². The molecule has 0 fully saturated rings. The van der Waals surface area contributed by atoms with Crippen LogP contribution in [-0.2, 0) is 9.53 Å². The number of ether oxygens (including phenoxy) is 1. The van der Waals surface area contributed by atoms with Crippen LogP contribution < -0.4 is 0 Å². The van der Waals surface area contributed by atoms with Gasteiger partial charge in [-0.3, -0.25) is 0 Å². The smallest absolute Gasteiger partial charge is 0.153 e. The van der Waals surface area contributed by atoms with Gasteiger partial charge in [-0.05, 0) is 18.1 Å². The van der Waals surface area contributed by atoms with Crippen molar-refractivity contribution in [3.05, 3.63) is 35.4 Å². The van der Waals surface area contributed by atoms with Gasteiger partial charge in [0.05, 0.1) is 6.10 Å². The molecule has 1 aromatic carbocycles. The van der Waals surface area contributed by atoms with E-state index in [1.54, 1.807) is 0 Å². The number of carbonyl (C=O) groups is 1. The Morgan fingerprint density at radius 1 is 1.33 bits per heavy atom. The predicted molar refractivity (Wildman–Crippen MR) is 44.7 cm³/mol. The lowest BCUT2D eigenvalue weighted by molar-refractivity contribution is -0.119. The minimum atomic E-state index is -0.351. The molecule has 0 bridgehead atoms. The number of carbonyl (C=O) groups excluding carboxylic acids is 1. The van der Waals surface area contributed by atoms with Crippen LogP contribution >= 0.6 is 0 Å². The van der Waals surface area contributed by atoms with Gasteiger partial charge < -0.3 is 9.53 Å². The fourth-order valence-corrected chi connectivity index (χ4v) is 1.61. The van der Waals surface area contributed by atoms with E-state index in [1.165, 1.54) is 0 Å². The zero-order valence-corrected chi connectivity index (χ0v) is 6.86. The first-order valence-electron chi connectivity index (χ1n) is 4.02. The molecule has 2 rings (SSSR count). The zero-order chi connectivity index (χ0) is 8.55. The van der Waals surface area contributed by atoms with Crippen molar-refractivity contribution in [2.45, 2.75) is 19.1 Å². The van der Waals surface area contributed by atoms with Crippen LogP contribution in [0.25, 0.3) is 0 Å². The third-order valence-electron chi connectivity index (χ3n) is 2.21. The summed E-state index contributed by atoms with van der Waals surface area (Å²) in [6, 6.07) is 7.84. The number of aldehydes is 1. The van der Waals surface area contributed by atoms with Crippen LogP contribution in [0.2, 0.25) is 0 Å². The van der Waals surface area contributed by atoms with E-state index in [-0.39, 0.29) is 12.2 Å². The largest absolute Gasteiger partial charge is 0.358 e. The van der Waals surface area contributed by atoms with E-state index in [1.807, 2.05) is 31.2 Å². The summed E-state index contributed by atoms with van der Waals surface area (Å²) in [6.07, 6.45) is 0.551. The Hall–Kier alpha value is -1.15. The molecular weight excluding hydrogens is 152 g/mol. The van der Waals surface area contributed by atoms with Gasteiger partial charge in [0.2, 0.25) is 0 Å². The van der Waals surface area contributed by atoms with Crippen LogP contribution in [0.1, 0.15) is 30.3 Å². The molecule has 1 heterocycles. The second-order valence-corrected chi connectivity index (χ2v) is 2.96. The summed E-state index contributed by atoms with van der Waals surface area (Å²) in [5, 5.41) is 0. The maximum Gasteiger partial charge on any atom is 0.153 e. The van der Waals surface area contributed by atoms with Gasteiger partial charge in [-0.25, -0.2) is 0 Å². The second kappa shape index (κ2) is 2.72. The average Bonchev–Trinajstić information content (AvgIpc) is 2.44. The lowest BCUT2D eigenvalue weighted by atomic mass is 10.0. The van der Waals surface area contributed by atoms with Crippen molar-refractivity contribution in [3.63, 3.8) is 0 Å². The summed E-state index contributed by atoms with van der Waals surface area (Å²) in [7, 11) is 0. The summed E-state index contributed by atoms with van der Waals surface area (Å²) < 4.78 is 5.41. The standard InChI is InChI=1S/C10H10O2/c1-7-8-4-2-3-5-9(8)10(6-11)12-7/h2-7,10H,1H3. The Kier molecular flexibility index (Phi) is 1.70. The third-order valence-corrected chi connectivity index (χ3v) is 2.21. The van der Waals surface area contributed by atoms with Gasteiger partial charge in [0.25, 0.3) is 0 Å². The van der Waals surface area contributed by atoms with Gasteiger partial charge in [-0.2, -0.15) is 0 Å². The van der Waals surface area contributed by atoms with Crippen LogP contribution in [0.5, 0.6) is 0 Å². The lowest BCUT2D eigenvalue weighted by Crippen LogP contribution is -1.96. The molecule has 0 radical (unpaired) electrons. The highest BCUT2D eigenvalue weighted by atomic mass is 16.5. The highest BCUT2D eigenvalue weighted by molar-refractivity contribution is 5.62.